The maximum atomic E-state index is 2.49. The van der Waals surface area contributed by atoms with Crippen LogP contribution in [0.15, 0.2) is 54.6 Å². The first-order chi connectivity index (χ1) is 11.3. The van der Waals surface area contributed by atoms with E-state index in [4.69, 9.17) is 0 Å². The fraction of sp³-hybridized carbons (Fsp3) is 0.455. The molecule has 0 nitrogen and oxygen atoms in total. The van der Waals surface area contributed by atoms with E-state index in [0.717, 1.165) is 17.8 Å². The van der Waals surface area contributed by atoms with Crippen LogP contribution in [-0.2, 0) is 5.41 Å². The zero-order chi connectivity index (χ0) is 15.3. The van der Waals surface area contributed by atoms with Gasteiger partial charge in [-0.3, -0.25) is 0 Å². The van der Waals surface area contributed by atoms with Gasteiger partial charge in [-0.15, -0.1) is 0 Å². The number of hydrogen-bond acceptors (Lipinski definition) is 0. The molecule has 0 unspecified atom stereocenters. The maximum absolute atomic E-state index is 2.49. The lowest BCUT2D eigenvalue weighted by Crippen LogP contribution is -3.61. The predicted molar refractivity (Wildman–Crippen MR) is 90.1 cm³/mol. The van der Waals surface area contributed by atoms with E-state index < -0.39 is 0 Å². The van der Waals surface area contributed by atoms with E-state index in [0.29, 0.717) is 5.41 Å². The predicted octanol–water partition coefficient (Wildman–Crippen LogP) is 2.28. The molecule has 4 aliphatic carbocycles. The summed E-state index contributed by atoms with van der Waals surface area (Å²) in [6.07, 6.45) is 9.05. The summed E-state index contributed by atoms with van der Waals surface area (Å²) in [6.45, 7) is 0. The van der Waals surface area contributed by atoms with Crippen LogP contribution >= 0.6 is 0 Å². The van der Waals surface area contributed by atoms with Crippen LogP contribution in [0.25, 0.3) is 0 Å². The van der Waals surface area contributed by atoms with E-state index in [9.17, 15) is 0 Å². The van der Waals surface area contributed by atoms with Crippen LogP contribution < -0.4 is 21.2 Å². The van der Waals surface area contributed by atoms with E-state index in [1.54, 1.807) is 9.13 Å². The van der Waals surface area contributed by atoms with Crippen molar-refractivity contribution in [2.45, 2.75) is 43.9 Å². The van der Waals surface area contributed by atoms with Gasteiger partial charge in [-0.25, -0.2) is 0 Å². The van der Waals surface area contributed by atoms with Gasteiger partial charge in [0, 0.05) is 0 Å². The second-order valence-corrected chi connectivity index (χ2v) is 11.1. The summed E-state index contributed by atoms with van der Waals surface area (Å²) < 4.78 is 3.08. The van der Waals surface area contributed by atoms with Crippen LogP contribution in [0.1, 0.15) is 44.1 Å². The molecule has 4 saturated carbocycles. The summed E-state index contributed by atoms with van der Waals surface area (Å²) in [7, 11) is 0. The zero-order valence-electron chi connectivity index (χ0n) is 13.5. The second-order valence-electron chi connectivity index (χ2n) is 8.09. The minimum atomic E-state index is -0.0193. The summed E-state index contributed by atoms with van der Waals surface area (Å²) >= 11 is -0.0193. The highest BCUT2D eigenvalue weighted by atomic mass is 127. The van der Waals surface area contributed by atoms with Crippen molar-refractivity contribution in [3.05, 3.63) is 67.3 Å². The number of benzene rings is 2. The van der Waals surface area contributed by atoms with Crippen molar-refractivity contribution in [3.8, 4) is 0 Å². The molecule has 0 spiro atoms. The Balaban J connectivity index is 1.39. The molecule has 4 bridgehead atoms. The topological polar surface area (TPSA) is 0 Å². The molecular weight excluding hydrogens is 391 g/mol. The Labute approximate surface area is 150 Å². The fourth-order valence-electron chi connectivity index (χ4n) is 5.93. The molecular formula is C22H24I+. The van der Waals surface area contributed by atoms with Crippen molar-refractivity contribution in [2.75, 3.05) is 0 Å². The van der Waals surface area contributed by atoms with Gasteiger partial charge in [-0.1, -0.05) is 30.3 Å². The Morgan fingerprint density at radius 1 is 0.652 bits per heavy atom. The molecule has 0 aliphatic heterocycles. The van der Waals surface area contributed by atoms with Gasteiger partial charge in [0.25, 0.3) is 0 Å². The molecule has 0 heterocycles. The highest BCUT2D eigenvalue weighted by Gasteiger charge is 2.51. The summed E-state index contributed by atoms with van der Waals surface area (Å²) in [6, 6.07) is 20.9. The van der Waals surface area contributed by atoms with Gasteiger partial charge >= 0.3 is 21.2 Å². The Morgan fingerprint density at radius 2 is 1.17 bits per heavy atom. The molecule has 0 amide bonds. The summed E-state index contributed by atoms with van der Waals surface area (Å²) in [5.41, 5.74) is 2.22. The SMILES string of the molecule is c1ccc([I+]c2ccc(C34CC5CC(CC(C5)C3)C4)cc2)cc1. The summed E-state index contributed by atoms with van der Waals surface area (Å²) in [5.74, 6) is 3.12. The molecule has 2 aromatic rings. The van der Waals surface area contributed by atoms with Crippen LogP contribution in [0, 0.1) is 24.9 Å². The quantitative estimate of drug-likeness (QED) is 0.675. The van der Waals surface area contributed by atoms with E-state index in [1.807, 2.05) is 0 Å². The van der Waals surface area contributed by atoms with Gasteiger partial charge in [0.15, 0.2) is 7.14 Å². The summed E-state index contributed by atoms with van der Waals surface area (Å²) in [4.78, 5) is 0. The van der Waals surface area contributed by atoms with Crippen LogP contribution in [0.4, 0.5) is 0 Å². The van der Waals surface area contributed by atoms with Crippen LogP contribution in [0.3, 0.4) is 0 Å². The Hall–Kier alpha value is -0.830. The molecule has 0 radical (unpaired) electrons. The number of halogens is 1. The van der Waals surface area contributed by atoms with Gasteiger partial charge in [0.05, 0.1) is 0 Å². The van der Waals surface area contributed by atoms with Crippen molar-refractivity contribution in [3.63, 3.8) is 0 Å². The largest absolute Gasteiger partial charge is 0.357 e. The van der Waals surface area contributed by atoms with Crippen LogP contribution in [0.5, 0.6) is 0 Å². The Kier molecular flexibility index (Phi) is 3.54. The van der Waals surface area contributed by atoms with E-state index >= 15 is 0 Å². The molecule has 4 aliphatic rings. The summed E-state index contributed by atoms with van der Waals surface area (Å²) in [5, 5.41) is 0. The smallest absolute Gasteiger partial charge is 0.0619 e. The zero-order valence-corrected chi connectivity index (χ0v) is 15.7. The highest BCUT2D eigenvalue weighted by molar-refractivity contribution is 5.29. The fourth-order valence-corrected chi connectivity index (χ4v) is 8.15. The molecule has 23 heavy (non-hydrogen) atoms. The van der Waals surface area contributed by atoms with Gasteiger partial charge in [-0.2, -0.15) is 0 Å². The molecule has 4 fully saturated rings. The van der Waals surface area contributed by atoms with Gasteiger partial charge in [0.1, 0.15) is 0 Å². The second kappa shape index (κ2) is 5.61. The van der Waals surface area contributed by atoms with E-state index in [-0.39, 0.29) is 21.2 Å². The van der Waals surface area contributed by atoms with Gasteiger partial charge in [0.2, 0.25) is 0 Å². The first-order valence-electron chi connectivity index (χ1n) is 9.09. The average Bonchev–Trinajstić information content (AvgIpc) is 2.55. The minimum Gasteiger partial charge on any atom is -0.0619 e. The third-order valence-corrected chi connectivity index (χ3v) is 9.13. The normalized spacial score (nSPS) is 34.7. The van der Waals surface area contributed by atoms with Gasteiger partial charge < -0.3 is 0 Å². The third-order valence-electron chi connectivity index (χ3n) is 6.45. The van der Waals surface area contributed by atoms with Crippen LogP contribution in [0.2, 0.25) is 0 Å². The average molecular weight is 415 g/mol. The lowest BCUT2D eigenvalue weighted by molar-refractivity contribution is -0.597. The van der Waals surface area contributed by atoms with E-state index in [1.165, 1.54) is 42.1 Å². The first-order valence-corrected chi connectivity index (χ1v) is 11.3. The van der Waals surface area contributed by atoms with Crippen molar-refractivity contribution < 1.29 is 21.2 Å². The molecule has 0 N–H and O–H groups in total. The minimum absolute atomic E-state index is 0.0193. The monoisotopic (exact) mass is 415 g/mol. The van der Waals surface area contributed by atoms with Crippen LogP contribution in [-0.4, -0.2) is 0 Å². The van der Waals surface area contributed by atoms with Crippen molar-refractivity contribution in [2.24, 2.45) is 17.8 Å². The number of rotatable bonds is 3. The molecule has 1 heteroatoms. The lowest BCUT2D eigenvalue weighted by atomic mass is 9.48. The molecule has 0 atom stereocenters. The van der Waals surface area contributed by atoms with Crippen molar-refractivity contribution >= 4 is 0 Å². The molecule has 118 valence electrons. The number of hydrogen-bond donors (Lipinski definition) is 0. The van der Waals surface area contributed by atoms with Gasteiger partial charge in [-0.05, 0) is 91.5 Å². The van der Waals surface area contributed by atoms with E-state index in [2.05, 4.69) is 54.6 Å². The third kappa shape index (κ3) is 2.65. The lowest BCUT2D eigenvalue weighted by Gasteiger charge is -2.57. The standard InChI is InChI=1S/C22H24I/c1-2-4-20(5-3-1)23-21-8-6-19(7-9-21)22-13-16-10-17(14-22)12-18(11-16)15-22/h1-9,16-18H,10-15H2/q+1. The highest BCUT2D eigenvalue weighted by Crippen LogP contribution is 2.60. The molecule has 2 aromatic carbocycles. The molecule has 6 rings (SSSR count). The maximum Gasteiger partial charge on any atom is 0.357 e. The van der Waals surface area contributed by atoms with Crippen molar-refractivity contribution in [1.29, 1.82) is 0 Å². The Bertz CT molecular complexity index is 650. The Morgan fingerprint density at radius 3 is 1.74 bits per heavy atom. The molecule has 0 aromatic heterocycles. The molecule has 0 saturated heterocycles. The first kappa shape index (κ1) is 14.5. The van der Waals surface area contributed by atoms with Crippen molar-refractivity contribution in [1.82, 2.24) is 0 Å².